The predicted molar refractivity (Wildman–Crippen MR) is 111 cm³/mol. The molecular formula is C25H26O3. The molecule has 0 amide bonds. The van der Waals surface area contributed by atoms with E-state index in [1.54, 1.807) is 6.92 Å². The summed E-state index contributed by atoms with van der Waals surface area (Å²) in [6.07, 6.45) is 1.79. The maximum Gasteiger partial charge on any atom is 0.347 e. The van der Waals surface area contributed by atoms with Crippen LogP contribution in [0.3, 0.4) is 0 Å². The number of aryl methyl sites for hydroxylation is 2. The molecule has 0 bridgehead atoms. The number of esters is 1. The van der Waals surface area contributed by atoms with E-state index in [0.29, 0.717) is 18.8 Å². The van der Waals surface area contributed by atoms with Gasteiger partial charge in [-0.25, -0.2) is 4.79 Å². The van der Waals surface area contributed by atoms with Gasteiger partial charge in [-0.3, -0.25) is 0 Å². The summed E-state index contributed by atoms with van der Waals surface area (Å²) in [4.78, 5) is 12.3. The van der Waals surface area contributed by atoms with E-state index in [1.165, 1.54) is 11.1 Å². The highest BCUT2D eigenvalue weighted by atomic mass is 16.6. The molecule has 0 fully saturated rings. The summed E-state index contributed by atoms with van der Waals surface area (Å²) in [5, 5.41) is 0. The van der Waals surface area contributed by atoms with E-state index in [1.807, 2.05) is 48.5 Å². The van der Waals surface area contributed by atoms with Crippen molar-refractivity contribution in [3.63, 3.8) is 0 Å². The molecule has 0 N–H and O–H groups in total. The van der Waals surface area contributed by atoms with Gasteiger partial charge in [-0.05, 0) is 48.6 Å². The highest BCUT2D eigenvalue weighted by molar-refractivity contribution is 5.75. The van der Waals surface area contributed by atoms with Crippen molar-refractivity contribution in [3.05, 3.63) is 102 Å². The molecule has 0 spiro atoms. The Kier molecular flexibility index (Phi) is 7.25. The number of rotatable bonds is 9. The van der Waals surface area contributed by atoms with Gasteiger partial charge < -0.3 is 9.47 Å². The van der Waals surface area contributed by atoms with Crippen LogP contribution in [0.1, 0.15) is 23.6 Å². The molecule has 1 atom stereocenters. The van der Waals surface area contributed by atoms with E-state index in [0.717, 1.165) is 18.4 Å². The van der Waals surface area contributed by atoms with Gasteiger partial charge in [0, 0.05) is 6.42 Å². The van der Waals surface area contributed by atoms with Crippen molar-refractivity contribution in [2.24, 2.45) is 0 Å². The topological polar surface area (TPSA) is 35.5 Å². The molecule has 3 aromatic rings. The average Bonchev–Trinajstić information content (AvgIpc) is 2.74. The van der Waals surface area contributed by atoms with Gasteiger partial charge in [-0.2, -0.15) is 0 Å². The first-order chi connectivity index (χ1) is 13.7. The quantitative estimate of drug-likeness (QED) is 0.493. The Morgan fingerprint density at radius 2 is 1.29 bits per heavy atom. The Morgan fingerprint density at radius 3 is 1.86 bits per heavy atom. The SMILES string of the molecule is CCOC(=O)[C@H](Cc1ccccc1)Oc1ccc(CCc2ccccc2)cc1. The Balaban J connectivity index is 1.62. The lowest BCUT2D eigenvalue weighted by molar-refractivity contribution is -0.151. The highest BCUT2D eigenvalue weighted by Gasteiger charge is 2.22. The second-order valence-electron chi connectivity index (χ2n) is 6.68. The molecule has 0 heterocycles. The lowest BCUT2D eigenvalue weighted by Crippen LogP contribution is -2.31. The molecule has 28 heavy (non-hydrogen) atoms. The molecule has 0 unspecified atom stereocenters. The van der Waals surface area contributed by atoms with Crippen LogP contribution in [0.5, 0.6) is 5.75 Å². The third kappa shape index (κ3) is 5.98. The van der Waals surface area contributed by atoms with Crippen molar-refractivity contribution in [2.75, 3.05) is 6.61 Å². The minimum atomic E-state index is -0.655. The van der Waals surface area contributed by atoms with Crippen LogP contribution in [0.25, 0.3) is 0 Å². The molecule has 0 aromatic heterocycles. The van der Waals surface area contributed by atoms with Gasteiger partial charge in [-0.15, -0.1) is 0 Å². The second-order valence-corrected chi connectivity index (χ2v) is 6.68. The van der Waals surface area contributed by atoms with E-state index < -0.39 is 6.10 Å². The van der Waals surface area contributed by atoms with Crippen molar-refractivity contribution < 1.29 is 14.3 Å². The first-order valence-electron chi connectivity index (χ1n) is 9.74. The molecule has 0 saturated carbocycles. The Labute approximate surface area is 166 Å². The normalized spacial score (nSPS) is 11.6. The zero-order valence-electron chi connectivity index (χ0n) is 16.2. The van der Waals surface area contributed by atoms with E-state index >= 15 is 0 Å². The number of hydrogen-bond donors (Lipinski definition) is 0. The molecule has 0 saturated heterocycles. The Hall–Kier alpha value is -3.07. The maximum absolute atomic E-state index is 12.3. The monoisotopic (exact) mass is 374 g/mol. The number of benzene rings is 3. The summed E-state index contributed by atoms with van der Waals surface area (Å²) < 4.78 is 11.2. The molecule has 3 rings (SSSR count). The molecule has 144 valence electrons. The molecular weight excluding hydrogens is 348 g/mol. The van der Waals surface area contributed by atoms with Crippen LogP contribution in [0.15, 0.2) is 84.9 Å². The largest absolute Gasteiger partial charge is 0.478 e. The van der Waals surface area contributed by atoms with Crippen molar-refractivity contribution in [1.29, 1.82) is 0 Å². The fourth-order valence-electron chi connectivity index (χ4n) is 3.07. The third-order valence-electron chi connectivity index (χ3n) is 4.56. The summed E-state index contributed by atoms with van der Waals surface area (Å²) in [6, 6.07) is 28.3. The Bertz CT molecular complexity index is 842. The van der Waals surface area contributed by atoms with Crippen LogP contribution >= 0.6 is 0 Å². The minimum Gasteiger partial charge on any atom is -0.478 e. The van der Waals surface area contributed by atoms with Gasteiger partial charge in [0.25, 0.3) is 0 Å². The van der Waals surface area contributed by atoms with E-state index in [9.17, 15) is 4.79 Å². The minimum absolute atomic E-state index is 0.334. The van der Waals surface area contributed by atoms with Crippen molar-refractivity contribution >= 4 is 5.97 Å². The highest BCUT2D eigenvalue weighted by Crippen LogP contribution is 2.18. The third-order valence-corrected chi connectivity index (χ3v) is 4.56. The van der Waals surface area contributed by atoms with Crippen molar-refractivity contribution in [3.8, 4) is 5.75 Å². The van der Waals surface area contributed by atoms with Crippen molar-refractivity contribution in [2.45, 2.75) is 32.3 Å². The lowest BCUT2D eigenvalue weighted by Gasteiger charge is -2.18. The van der Waals surface area contributed by atoms with Crippen LogP contribution in [0.4, 0.5) is 0 Å². The second kappa shape index (κ2) is 10.3. The standard InChI is InChI=1S/C25H26O3/c1-2-27-25(26)24(19-22-11-7-4-8-12-22)28-23-17-15-21(16-18-23)14-13-20-9-5-3-6-10-20/h3-12,15-18,24H,2,13-14,19H2,1H3/t24-/m0/s1. The fourth-order valence-corrected chi connectivity index (χ4v) is 3.07. The van der Waals surface area contributed by atoms with E-state index in [4.69, 9.17) is 9.47 Å². The molecule has 0 aliphatic heterocycles. The van der Waals surface area contributed by atoms with Gasteiger partial charge in [0.1, 0.15) is 5.75 Å². The zero-order chi connectivity index (χ0) is 19.6. The summed E-state index contributed by atoms with van der Waals surface area (Å²) in [6.45, 7) is 2.14. The van der Waals surface area contributed by atoms with Crippen LogP contribution in [-0.4, -0.2) is 18.7 Å². The number of carbonyl (C=O) groups is 1. The van der Waals surface area contributed by atoms with Gasteiger partial charge in [0.2, 0.25) is 0 Å². The van der Waals surface area contributed by atoms with Crippen LogP contribution < -0.4 is 4.74 Å². The lowest BCUT2D eigenvalue weighted by atomic mass is 10.0. The molecule has 0 aliphatic carbocycles. The predicted octanol–water partition coefficient (Wildman–Crippen LogP) is 5.03. The summed E-state index contributed by atoms with van der Waals surface area (Å²) >= 11 is 0. The first-order valence-corrected chi connectivity index (χ1v) is 9.74. The maximum atomic E-state index is 12.3. The summed E-state index contributed by atoms with van der Waals surface area (Å²) in [5.74, 6) is 0.344. The average molecular weight is 374 g/mol. The Morgan fingerprint density at radius 1 is 0.750 bits per heavy atom. The van der Waals surface area contributed by atoms with Gasteiger partial charge in [0.15, 0.2) is 6.10 Å². The molecule has 3 heteroatoms. The summed E-state index contributed by atoms with van der Waals surface area (Å²) in [7, 11) is 0. The smallest absolute Gasteiger partial charge is 0.347 e. The van der Waals surface area contributed by atoms with Gasteiger partial charge in [0.05, 0.1) is 6.61 Å². The van der Waals surface area contributed by atoms with Crippen molar-refractivity contribution in [1.82, 2.24) is 0 Å². The van der Waals surface area contributed by atoms with Gasteiger partial charge >= 0.3 is 5.97 Å². The van der Waals surface area contributed by atoms with Crippen LogP contribution in [-0.2, 0) is 28.8 Å². The van der Waals surface area contributed by atoms with E-state index in [-0.39, 0.29) is 5.97 Å². The number of ether oxygens (including phenoxy) is 2. The number of hydrogen-bond acceptors (Lipinski definition) is 3. The molecule has 0 aliphatic rings. The van der Waals surface area contributed by atoms with Crippen LogP contribution in [0.2, 0.25) is 0 Å². The number of carbonyl (C=O) groups excluding carboxylic acids is 1. The zero-order valence-corrected chi connectivity index (χ0v) is 16.2. The first kappa shape index (κ1) is 19.7. The fraction of sp³-hybridized carbons (Fsp3) is 0.240. The van der Waals surface area contributed by atoms with Gasteiger partial charge in [-0.1, -0.05) is 72.8 Å². The molecule has 0 radical (unpaired) electrons. The van der Waals surface area contributed by atoms with E-state index in [2.05, 4.69) is 36.4 Å². The molecule has 3 aromatic carbocycles. The summed E-state index contributed by atoms with van der Waals surface area (Å²) in [5.41, 5.74) is 3.61. The van der Waals surface area contributed by atoms with Crippen LogP contribution in [0, 0.1) is 0 Å². The molecule has 3 nitrogen and oxygen atoms in total.